The van der Waals surface area contributed by atoms with Crippen LogP contribution in [0.25, 0.3) is 21.1 Å². The standard InChI is InChI=1S/C19H16N4O2S2/c1-12-16(17(23-25-12)13-6-3-2-4-7-13)22-19(24)20-10-14-11-27-18(21-14)15-8-5-9-26-15/h2-9,11H,10H2,1H3,(H2,20,22,24). The van der Waals surface area contributed by atoms with Gasteiger partial charge in [0.05, 0.1) is 17.1 Å². The lowest BCUT2D eigenvalue weighted by Crippen LogP contribution is -2.28. The molecule has 27 heavy (non-hydrogen) atoms. The SMILES string of the molecule is Cc1onc(-c2ccccc2)c1NC(=O)NCc1csc(-c2cccs2)n1. The molecule has 3 aromatic heterocycles. The van der Waals surface area contributed by atoms with Crippen molar-refractivity contribution in [2.45, 2.75) is 13.5 Å². The molecule has 0 saturated carbocycles. The Hall–Kier alpha value is -2.97. The number of amides is 2. The Morgan fingerprint density at radius 2 is 2.00 bits per heavy atom. The molecule has 0 fully saturated rings. The molecule has 6 nitrogen and oxygen atoms in total. The number of aromatic nitrogens is 2. The Labute approximate surface area is 163 Å². The van der Waals surface area contributed by atoms with E-state index in [1.165, 1.54) is 0 Å². The highest BCUT2D eigenvalue weighted by atomic mass is 32.1. The number of anilines is 1. The third-order valence-electron chi connectivity index (χ3n) is 3.86. The van der Waals surface area contributed by atoms with Crippen LogP contribution in [-0.2, 0) is 6.54 Å². The van der Waals surface area contributed by atoms with Crippen LogP contribution in [-0.4, -0.2) is 16.2 Å². The zero-order valence-corrected chi connectivity index (χ0v) is 16.1. The first-order valence-electron chi connectivity index (χ1n) is 8.25. The number of hydrogen-bond donors (Lipinski definition) is 2. The second-order valence-corrected chi connectivity index (χ2v) is 7.56. The van der Waals surface area contributed by atoms with Crippen LogP contribution >= 0.6 is 22.7 Å². The maximum atomic E-state index is 12.3. The molecule has 0 aliphatic heterocycles. The number of hydrogen-bond acceptors (Lipinski definition) is 6. The van der Waals surface area contributed by atoms with Gasteiger partial charge in [-0.1, -0.05) is 41.6 Å². The second kappa shape index (κ2) is 7.73. The maximum Gasteiger partial charge on any atom is 0.319 e. The highest BCUT2D eigenvalue weighted by Crippen LogP contribution is 2.30. The lowest BCUT2D eigenvalue weighted by Gasteiger charge is -2.07. The number of benzene rings is 1. The van der Waals surface area contributed by atoms with Crippen molar-refractivity contribution in [1.82, 2.24) is 15.5 Å². The molecule has 0 unspecified atom stereocenters. The molecular formula is C19H16N4O2S2. The van der Waals surface area contributed by atoms with Crippen LogP contribution in [0.2, 0.25) is 0 Å². The molecule has 0 aliphatic carbocycles. The van der Waals surface area contributed by atoms with E-state index in [4.69, 9.17) is 4.52 Å². The van der Waals surface area contributed by atoms with E-state index in [1.807, 2.05) is 53.2 Å². The highest BCUT2D eigenvalue weighted by molar-refractivity contribution is 7.20. The fraction of sp³-hybridized carbons (Fsp3) is 0.105. The molecule has 4 aromatic rings. The van der Waals surface area contributed by atoms with Gasteiger partial charge >= 0.3 is 6.03 Å². The van der Waals surface area contributed by atoms with Crippen molar-refractivity contribution in [3.05, 3.63) is 64.7 Å². The Morgan fingerprint density at radius 3 is 2.78 bits per heavy atom. The Kier molecular flexibility index (Phi) is 4.99. The van der Waals surface area contributed by atoms with E-state index in [9.17, 15) is 4.79 Å². The number of carbonyl (C=O) groups excluding carboxylic acids is 1. The number of rotatable bonds is 5. The lowest BCUT2D eigenvalue weighted by molar-refractivity contribution is 0.251. The van der Waals surface area contributed by atoms with Crippen molar-refractivity contribution in [3.63, 3.8) is 0 Å². The van der Waals surface area contributed by atoms with Crippen LogP contribution in [0, 0.1) is 6.92 Å². The van der Waals surface area contributed by atoms with Crippen molar-refractivity contribution in [2.75, 3.05) is 5.32 Å². The van der Waals surface area contributed by atoms with E-state index in [-0.39, 0.29) is 6.03 Å². The molecule has 0 aliphatic rings. The van der Waals surface area contributed by atoms with E-state index >= 15 is 0 Å². The Balaban J connectivity index is 1.41. The molecular weight excluding hydrogens is 380 g/mol. The third-order valence-corrected chi connectivity index (χ3v) is 5.79. The van der Waals surface area contributed by atoms with Crippen LogP contribution in [0.1, 0.15) is 11.5 Å². The summed E-state index contributed by atoms with van der Waals surface area (Å²) in [4.78, 5) is 18.0. The zero-order chi connectivity index (χ0) is 18.6. The minimum Gasteiger partial charge on any atom is -0.359 e. The fourth-order valence-electron chi connectivity index (χ4n) is 2.54. The van der Waals surface area contributed by atoms with E-state index in [0.717, 1.165) is 21.1 Å². The highest BCUT2D eigenvalue weighted by Gasteiger charge is 2.17. The summed E-state index contributed by atoms with van der Waals surface area (Å²) in [6.07, 6.45) is 0. The number of urea groups is 1. The Bertz CT molecular complexity index is 1040. The van der Waals surface area contributed by atoms with Crippen molar-refractivity contribution < 1.29 is 9.32 Å². The summed E-state index contributed by atoms with van der Waals surface area (Å²) in [5.74, 6) is 0.553. The van der Waals surface area contributed by atoms with Gasteiger partial charge in [0, 0.05) is 10.9 Å². The van der Waals surface area contributed by atoms with E-state index < -0.39 is 0 Å². The molecule has 0 atom stereocenters. The van der Waals surface area contributed by atoms with Gasteiger partial charge < -0.3 is 15.2 Å². The summed E-state index contributed by atoms with van der Waals surface area (Å²) >= 11 is 3.22. The number of nitrogens with one attached hydrogen (secondary N) is 2. The number of nitrogens with zero attached hydrogens (tertiary/aromatic N) is 2. The van der Waals surface area contributed by atoms with Gasteiger partial charge in [-0.25, -0.2) is 9.78 Å². The topological polar surface area (TPSA) is 80.0 Å². The summed E-state index contributed by atoms with van der Waals surface area (Å²) in [5, 5.41) is 14.7. The second-order valence-electron chi connectivity index (χ2n) is 5.76. The monoisotopic (exact) mass is 396 g/mol. The van der Waals surface area contributed by atoms with Gasteiger partial charge in [0.15, 0.2) is 5.76 Å². The number of carbonyl (C=O) groups is 1. The molecule has 0 saturated heterocycles. The van der Waals surface area contributed by atoms with Gasteiger partial charge in [-0.05, 0) is 18.4 Å². The summed E-state index contributed by atoms with van der Waals surface area (Å²) in [6.45, 7) is 2.11. The zero-order valence-electron chi connectivity index (χ0n) is 14.4. The fourth-order valence-corrected chi connectivity index (χ4v) is 4.18. The van der Waals surface area contributed by atoms with Crippen molar-refractivity contribution >= 4 is 34.4 Å². The molecule has 0 spiro atoms. The third kappa shape index (κ3) is 3.91. The lowest BCUT2D eigenvalue weighted by atomic mass is 10.1. The van der Waals surface area contributed by atoms with Gasteiger partial charge in [0.2, 0.25) is 0 Å². The molecule has 3 heterocycles. The first kappa shape index (κ1) is 17.4. The largest absolute Gasteiger partial charge is 0.359 e. The van der Waals surface area contributed by atoms with E-state index in [2.05, 4.69) is 20.8 Å². The van der Waals surface area contributed by atoms with E-state index in [0.29, 0.717) is 23.7 Å². The summed E-state index contributed by atoms with van der Waals surface area (Å²) in [5.41, 5.74) is 2.88. The van der Waals surface area contributed by atoms with Crippen LogP contribution < -0.4 is 10.6 Å². The van der Waals surface area contributed by atoms with Crippen LogP contribution in [0.5, 0.6) is 0 Å². The molecule has 1 aromatic carbocycles. The van der Waals surface area contributed by atoms with Gasteiger partial charge in [-0.15, -0.1) is 22.7 Å². The molecule has 4 rings (SSSR count). The number of thiophene rings is 1. The quantitative estimate of drug-likeness (QED) is 0.488. The minimum absolute atomic E-state index is 0.329. The normalized spacial score (nSPS) is 10.7. The van der Waals surface area contributed by atoms with Gasteiger partial charge in [-0.3, -0.25) is 0 Å². The number of aryl methyl sites for hydroxylation is 1. The number of thiazole rings is 1. The molecule has 8 heteroatoms. The van der Waals surface area contributed by atoms with Gasteiger partial charge in [-0.2, -0.15) is 0 Å². The minimum atomic E-state index is -0.329. The van der Waals surface area contributed by atoms with Crippen molar-refractivity contribution in [1.29, 1.82) is 0 Å². The van der Waals surface area contributed by atoms with Crippen LogP contribution in [0.3, 0.4) is 0 Å². The van der Waals surface area contributed by atoms with Crippen molar-refractivity contribution in [3.8, 4) is 21.1 Å². The summed E-state index contributed by atoms with van der Waals surface area (Å²) in [6, 6.07) is 13.3. The first-order valence-corrected chi connectivity index (χ1v) is 10.0. The molecule has 2 amide bonds. The smallest absolute Gasteiger partial charge is 0.319 e. The van der Waals surface area contributed by atoms with Crippen LogP contribution in [0.4, 0.5) is 10.5 Å². The maximum absolute atomic E-state index is 12.3. The molecule has 0 radical (unpaired) electrons. The average molecular weight is 396 g/mol. The molecule has 2 N–H and O–H groups in total. The Morgan fingerprint density at radius 1 is 1.15 bits per heavy atom. The predicted octanol–water partition coefficient (Wildman–Crippen LogP) is 5.16. The van der Waals surface area contributed by atoms with Gasteiger partial charge in [0.1, 0.15) is 16.4 Å². The molecule has 0 bridgehead atoms. The average Bonchev–Trinajstić information content (AvgIpc) is 3.43. The molecule has 136 valence electrons. The summed E-state index contributed by atoms with van der Waals surface area (Å²) < 4.78 is 5.26. The van der Waals surface area contributed by atoms with Gasteiger partial charge in [0.25, 0.3) is 0 Å². The van der Waals surface area contributed by atoms with Crippen LogP contribution in [0.15, 0.2) is 57.7 Å². The first-order chi connectivity index (χ1) is 13.2. The summed E-state index contributed by atoms with van der Waals surface area (Å²) in [7, 11) is 0. The van der Waals surface area contributed by atoms with Crippen molar-refractivity contribution in [2.24, 2.45) is 0 Å². The van der Waals surface area contributed by atoms with E-state index in [1.54, 1.807) is 29.6 Å². The predicted molar refractivity (Wildman–Crippen MR) is 108 cm³/mol.